The van der Waals surface area contributed by atoms with Crippen molar-refractivity contribution in [2.75, 3.05) is 13.7 Å². The molecule has 1 fully saturated rings. The third-order valence-electron chi connectivity index (χ3n) is 5.85. The maximum Gasteiger partial charge on any atom is 0.279 e. The lowest BCUT2D eigenvalue weighted by Gasteiger charge is -2.32. The molecule has 1 saturated heterocycles. The SMILES string of the molecule is CCn1c(=NC(=O)c2ccc(S(=O)(=O)N3CCCCC3C)cc2)sc2cc(OC)ccc21. The molecule has 7 nitrogen and oxygen atoms in total. The highest BCUT2D eigenvalue weighted by Crippen LogP contribution is 2.26. The van der Waals surface area contributed by atoms with Crippen LogP contribution in [-0.2, 0) is 16.6 Å². The van der Waals surface area contributed by atoms with E-state index in [-0.39, 0.29) is 10.9 Å². The van der Waals surface area contributed by atoms with E-state index < -0.39 is 15.9 Å². The predicted octanol–water partition coefficient (Wildman–Crippen LogP) is 4.04. The number of hydrogen-bond donors (Lipinski definition) is 0. The molecule has 0 N–H and O–H groups in total. The summed E-state index contributed by atoms with van der Waals surface area (Å²) in [5, 5.41) is 0. The van der Waals surface area contributed by atoms with Crippen LogP contribution in [0.4, 0.5) is 0 Å². The van der Waals surface area contributed by atoms with E-state index in [1.54, 1.807) is 23.5 Å². The predicted molar refractivity (Wildman–Crippen MR) is 126 cm³/mol. The summed E-state index contributed by atoms with van der Waals surface area (Å²) in [6.45, 7) is 5.15. The second-order valence-electron chi connectivity index (χ2n) is 7.86. The quantitative estimate of drug-likeness (QED) is 0.560. The molecule has 9 heteroatoms. The van der Waals surface area contributed by atoms with Crippen LogP contribution in [0.2, 0.25) is 0 Å². The Hall–Kier alpha value is -2.49. The van der Waals surface area contributed by atoms with Crippen LogP contribution in [0.25, 0.3) is 10.2 Å². The smallest absolute Gasteiger partial charge is 0.279 e. The van der Waals surface area contributed by atoms with Gasteiger partial charge in [-0.15, -0.1) is 0 Å². The maximum absolute atomic E-state index is 13.0. The first-order valence-electron chi connectivity index (χ1n) is 10.7. The van der Waals surface area contributed by atoms with Gasteiger partial charge in [-0.25, -0.2) is 8.42 Å². The molecular weight excluding hydrogens is 446 g/mol. The molecule has 0 radical (unpaired) electrons. The minimum atomic E-state index is -3.57. The Balaban J connectivity index is 1.64. The number of ether oxygens (including phenoxy) is 1. The number of aryl methyl sites for hydroxylation is 1. The number of sulfonamides is 1. The van der Waals surface area contributed by atoms with Crippen molar-refractivity contribution in [1.29, 1.82) is 0 Å². The summed E-state index contributed by atoms with van der Waals surface area (Å²) in [6.07, 6.45) is 2.79. The minimum absolute atomic E-state index is 0.0128. The van der Waals surface area contributed by atoms with Crippen LogP contribution in [0.3, 0.4) is 0 Å². The van der Waals surface area contributed by atoms with Crippen molar-refractivity contribution >= 4 is 37.5 Å². The van der Waals surface area contributed by atoms with E-state index in [1.807, 2.05) is 36.6 Å². The van der Waals surface area contributed by atoms with Gasteiger partial charge in [-0.05, 0) is 69.2 Å². The van der Waals surface area contributed by atoms with Gasteiger partial charge in [0.05, 0.1) is 22.2 Å². The Bertz CT molecular complexity index is 1310. The number of rotatable bonds is 5. The minimum Gasteiger partial charge on any atom is -0.497 e. The van der Waals surface area contributed by atoms with Gasteiger partial charge in [0, 0.05) is 24.7 Å². The van der Waals surface area contributed by atoms with Gasteiger partial charge in [0.15, 0.2) is 4.80 Å². The van der Waals surface area contributed by atoms with Gasteiger partial charge < -0.3 is 9.30 Å². The van der Waals surface area contributed by atoms with Crippen molar-refractivity contribution in [3.63, 3.8) is 0 Å². The number of carbonyl (C=O) groups is 1. The van der Waals surface area contributed by atoms with E-state index in [0.717, 1.165) is 35.2 Å². The van der Waals surface area contributed by atoms with Gasteiger partial charge in [-0.3, -0.25) is 4.79 Å². The zero-order valence-corrected chi connectivity index (χ0v) is 20.1. The first-order valence-corrected chi connectivity index (χ1v) is 13.0. The van der Waals surface area contributed by atoms with Crippen molar-refractivity contribution in [3.8, 4) is 5.75 Å². The second-order valence-corrected chi connectivity index (χ2v) is 10.8. The molecule has 0 bridgehead atoms. The number of fused-ring (bicyclic) bond motifs is 1. The third-order valence-corrected chi connectivity index (χ3v) is 8.92. The first-order chi connectivity index (χ1) is 15.3. The van der Waals surface area contributed by atoms with Crippen LogP contribution >= 0.6 is 11.3 Å². The third kappa shape index (κ3) is 4.24. The molecule has 4 rings (SSSR count). The molecule has 170 valence electrons. The highest BCUT2D eigenvalue weighted by atomic mass is 32.2. The number of benzene rings is 2. The van der Waals surface area contributed by atoms with Gasteiger partial charge in [0.1, 0.15) is 5.75 Å². The summed E-state index contributed by atoms with van der Waals surface area (Å²) in [7, 11) is -1.95. The molecular formula is C23H27N3O4S2. The number of nitrogens with zero attached hydrogens (tertiary/aromatic N) is 3. The molecule has 0 spiro atoms. The first kappa shape index (κ1) is 22.7. The van der Waals surface area contributed by atoms with E-state index in [2.05, 4.69) is 4.99 Å². The lowest BCUT2D eigenvalue weighted by atomic mass is 10.1. The Morgan fingerprint density at radius 1 is 1.19 bits per heavy atom. The summed E-state index contributed by atoms with van der Waals surface area (Å²) in [6, 6.07) is 11.8. The van der Waals surface area contributed by atoms with Crippen LogP contribution in [0.5, 0.6) is 5.75 Å². The van der Waals surface area contributed by atoms with E-state index in [9.17, 15) is 13.2 Å². The van der Waals surface area contributed by atoms with Gasteiger partial charge in [0.25, 0.3) is 5.91 Å². The molecule has 1 unspecified atom stereocenters. The average molecular weight is 474 g/mol. The second kappa shape index (κ2) is 9.17. The number of thiazole rings is 1. The van der Waals surface area contributed by atoms with Crippen molar-refractivity contribution in [2.45, 2.75) is 50.6 Å². The molecule has 0 aliphatic carbocycles. The van der Waals surface area contributed by atoms with Gasteiger partial charge in [0.2, 0.25) is 10.0 Å². The Morgan fingerprint density at radius 2 is 1.94 bits per heavy atom. The molecule has 2 aromatic carbocycles. The van der Waals surface area contributed by atoms with Crippen LogP contribution < -0.4 is 9.54 Å². The molecule has 2 heterocycles. The van der Waals surface area contributed by atoms with Gasteiger partial charge >= 0.3 is 0 Å². The van der Waals surface area contributed by atoms with Gasteiger partial charge in [-0.1, -0.05) is 17.8 Å². The van der Waals surface area contributed by atoms with Crippen molar-refractivity contribution in [2.24, 2.45) is 4.99 Å². The average Bonchev–Trinajstić information content (AvgIpc) is 3.15. The molecule has 32 heavy (non-hydrogen) atoms. The fraction of sp³-hybridized carbons (Fsp3) is 0.391. The Kier molecular flexibility index (Phi) is 6.50. The fourth-order valence-electron chi connectivity index (χ4n) is 4.06. The van der Waals surface area contributed by atoms with E-state index in [1.165, 1.54) is 23.5 Å². The standard InChI is InChI=1S/C23H27N3O4S2/c1-4-25-20-13-10-18(30-3)15-21(20)31-23(25)24-22(27)17-8-11-19(12-9-17)32(28,29)26-14-6-5-7-16(26)2/h8-13,15-16H,4-7,14H2,1-3H3. The summed E-state index contributed by atoms with van der Waals surface area (Å²) < 4.78 is 35.8. The summed E-state index contributed by atoms with van der Waals surface area (Å²) in [5.41, 5.74) is 1.34. The lowest BCUT2D eigenvalue weighted by Crippen LogP contribution is -2.41. The molecule has 1 aliphatic heterocycles. The molecule has 1 amide bonds. The van der Waals surface area contributed by atoms with Crippen LogP contribution in [0.15, 0.2) is 52.4 Å². The largest absolute Gasteiger partial charge is 0.497 e. The molecule has 0 saturated carbocycles. The summed E-state index contributed by atoms with van der Waals surface area (Å²) >= 11 is 1.42. The number of amides is 1. The van der Waals surface area contributed by atoms with Crippen LogP contribution in [-0.4, -0.2) is 42.9 Å². The van der Waals surface area contributed by atoms with E-state index >= 15 is 0 Å². The van der Waals surface area contributed by atoms with Crippen molar-refractivity contribution in [1.82, 2.24) is 8.87 Å². The number of carbonyl (C=O) groups excluding carboxylic acids is 1. The molecule has 1 aromatic heterocycles. The maximum atomic E-state index is 13.0. The summed E-state index contributed by atoms with van der Waals surface area (Å²) in [5.74, 6) is 0.348. The lowest BCUT2D eigenvalue weighted by molar-refractivity contribution is 0.0997. The zero-order chi connectivity index (χ0) is 22.9. The number of hydrogen-bond acceptors (Lipinski definition) is 5. The van der Waals surface area contributed by atoms with E-state index in [0.29, 0.717) is 23.5 Å². The molecule has 1 aliphatic rings. The Morgan fingerprint density at radius 3 is 2.59 bits per heavy atom. The number of aromatic nitrogens is 1. The number of piperidine rings is 1. The Labute approximate surface area is 192 Å². The molecule has 3 aromatic rings. The van der Waals surface area contributed by atoms with Crippen LogP contribution in [0, 0.1) is 0 Å². The number of methoxy groups -OCH3 is 1. The van der Waals surface area contributed by atoms with Crippen LogP contribution in [0.1, 0.15) is 43.5 Å². The fourth-order valence-corrected chi connectivity index (χ4v) is 6.88. The topological polar surface area (TPSA) is 81.0 Å². The van der Waals surface area contributed by atoms with Crippen molar-refractivity contribution < 1.29 is 17.9 Å². The highest BCUT2D eigenvalue weighted by molar-refractivity contribution is 7.89. The van der Waals surface area contributed by atoms with Gasteiger partial charge in [-0.2, -0.15) is 9.30 Å². The highest BCUT2D eigenvalue weighted by Gasteiger charge is 2.30. The summed E-state index contributed by atoms with van der Waals surface area (Å²) in [4.78, 5) is 18.0. The zero-order valence-electron chi connectivity index (χ0n) is 18.4. The molecule has 1 atom stereocenters. The van der Waals surface area contributed by atoms with E-state index in [4.69, 9.17) is 4.74 Å². The van der Waals surface area contributed by atoms with Crippen molar-refractivity contribution in [3.05, 3.63) is 52.8 Å². The monoisotopic (exact) mass is 473 g/mol. The normalized spacial score (nSPS) is 18.2.